The molecule has 0 unspecified atom stereocenters. The molecular formula is C30H26N7+. The van der Waals surface area contributed by atoms with Gasteiger partial charge in [0, 0.05) is 29.7 Å². The molecule has 0 amide bonds. The highest BCUT2D eigenvalue weighted by Crippen LogP contribution is 2.43. The third-order valence-electron chi connectivity index (χ3n) is 7.38. The van der Waals surface area contributed by atoms with Crippen LogP contribution in [0.3, 0.4) is 0 Å². The Morgan fingerprint density at radius 1 is 0.892 bits per heavy atom. The molecule has 6 aromatic rings. The highest BCUT2D eigenvalue weighted by Gasteiger charge is 2.39. The van der Waals surface area contributed by atoms with Gasteiger partial charge >= 0.3 is 5.82 Å². The van der Waals surface area contributed by atoms with E-state index in [9.17, 15) is 0 Å². The molecule has 0 atom stereocenters. The maximum Gasteiger partial charge on any atom is 0.351 e. The molecule has 1 saturated carbocycles. The lowest BCUT2D eigenvalue weighted by Gasteiger charge is -2.44. The number of fused-ring (bicyclic) bond motifs is 3. The summed E-state index contributed by atoms with van der Waals surface area (Å²) in [6, 6.07) is 24.8. The second-order valence-electron chi connectivity index (χ2n) is 10.1. The predicted octanol–water partition coefficient (Wildman–Crippen LogP) is 4.87. The molecule has 7 nitrogen and oxygen atoms in total. The van der Waals surface area contributed by atoms with Crippen molar-refractivity contribution < 1.29 is 4.40 Å². The Bertz CT molecular complexity index is 1740. The van der Waals surface area contributed by atoms with Gasteiger partial charge < -0.3 is 5.73 Å². The van der Waals surface area contributed by atoms with Crippen molar-refractivity contribution in [3.63, 3.8) is 0 Å². The minimum Gasteiger partial charge on any atom is -0.321 e. The summed E-state index contributed by atoms with van der Waals surface area (Å²) in [5.74, 6) is 1.89. The Kier molecular flexibility index (Phi) is 4.87. The van der Waals surface area contributed by atoms with Gasteiger partial charge in [0.25, 0.3) is 5.65 Å². The summed E-state index contributed by atoms with van der Waals surface area (Å²) in [5.41, 5.74) is 12.5. The molecule has 0 aliphatic heterocycles. The van der Waals surface area contributed by atoms with E-state index >= 15 is 0 Å². The summed E-state index contributed by atoms with van der Waals surface area (Å²) >= 11 is 0. The third kappa shape index (κ3) is 3.58. The molecule has 1 fully saturated rings. The Morgan fingerprint density at radius 2 is 1.65 bits per heavy atom. The normalized spacial score (nSPS) is 19.2. The second-order valence-corrected chi connectivity index (χ2v) is 10.1. The van der Waals surface area contributed by atoms with Crippen LogP contribution in [-0.4, -0.2) is 24.7 Å². The molecule has 2 N–H and O–H groups in total. The Balaban J connectivity index is 1.46. The average molecular weight is 485 g/mol. The largest absolute Gasteiger partial charge is 0.351 e. The SMILES string of the molecule is CC1CC(N)(c2ccc(-n3nc(-c4ncccn4)[n+]4ccc5ncc(-c6ccccc6)cc5c34)cc2)C1. The fourth-order valence-electron chi connectivity index (χ4n) is 5.60. The van der Waals surface area contributed by atoms with Gasteiger partial charge in [-0.25, -0.2) is 9.97 Å². The van der Waals surface area contributed by atoms with Crippen molar-refractivity contribution in [2.75, 3.05) is 0 Å². The van der Waals surface area contributed by atoms with Crippen molar-refractivity contribution in [1.29, 1.82) is 0 Å². The Hall–Kier alpha value is -4.49. The van der Waals surface area contributed by atoms with E-state index < -0.39 is 0 Å². The molecule has 180 valence electrons. The highest BCUT2D eigenvalue weighted by molar-refractivity contribution is 5.93. The maximum atomic E-state index is 6.67. The van der Waals surface area contributed by atoms with Gasteiger partial charge in [-0.2, -0.15) is 4.40 Å². The van der Waals surface area contributed by atoms with Crippen LogP contribution in [0.4, 0.5) is 0 Å². The number of nitrogens with two attached hydrogens (primary N) is 1. The molecule has 4 aromatic heterocycles. The van der Waals surface area contributed by atoms with Crippen LogP contribution < -0.4 is 10.1 Å². The summed E-state index contributed by atoms with van der Waals surface area (Å²) in [6.45, 7) is 2.25. The van der Waals surface area contributed by atoms with Crippen LogP contribution in [0.5, 0.6) is 0 Å². The van der Waals surface area contributed by atoms with E-state index in [1.54, 1.807) is 12.4 Å². The average Bonchev–Trinajstić information content (AvgIpc) is 3.33. The van der Waals surface area contributed by atoms with Gasteiger partial charge in [0.1, 0.15) is 5.69 Å². The molecule has 0 spiro atoms. The van der Waals surface area contributed by atoms with Crippen LogP contribution in [0, 0.1) is 5.92 Å². The first kappa shape index (κ1) is 21.8. The number of hydrogen-bond acceptors (Lipinski definition) is 5. The van der Waals surface area contributed by atoms with Crippen molar-refractivity contribution in [2.24, 2.45) is 11.7 Å². The molecule has 0 radical (unpaired) electrons. The zero-order chi connectivity index (χ0) is 25.0. The predicted molar refractivity (Wildman–Crippen MR) is 143 cm³/mol. The first-order chi connectivity index (χ1) is 18.1. The summed E-state index contributed by atoms with van der Waals surface area (Å²) in [4.78, 5) is 13.8. The van der Waals surface area contributed by atoms with Gasteiger partial charge in [0.05, 0.1) is 22.2 Å². The van der Waals surface area contributed by atoms with Crippen molar-refractivity contribution >= 4 is 16.6 Å². The van der Waals surface area contributed by atoms with Gasteiger partial charge in [-0.15, -0.1) is 0 Å². The van der Waals surface area contributed by atoms with Crippen LogP contribution in [0.2, 0.25) is 0 Å². The summed E-state index contributed by atoms with van der Waals surface area (Å²) in [6.07, 6.45) is 9.41. The molecule has 2 aromatic carbocycles. The smallest absolute Gasteiger partial charge is 0.321 e. The van der Waals surface area contributed by atoms with Crippen LogP contribution in [0.25, 0.3) is 45.0 Å². The Labute approximate surface area is 214 Å². The number of rotatable bonds is 4. The van der Waals surface area contributed by atoms with Gasteiger partial charge in [-0.05, 0) is 60.2 Å². The van der Waals surface area contributed by atoms with Crippen LogP contribution in [0.1, 0.15) is 25.3 Å². The van der Waals surface area contributed by atoms with Crippen LogP contribution in [-0.2, 0) is 5.54 Å². The molecule has 1 aliphatic rings. The number of aromatic nitrogens is 6. The van der Waals surface area contributed by atoms with E-state index in [0.29, 0.717) is 17.6 Å². The molecular weight excluding hydrogens is 458 g/mol. The van der Waals surface area contributed by atoms with Gasteiger partial charge in [-0.3, -0.25) is 4.98 Å². The van der Waals surface area contributed by atoms with Gasteiger partial charge in [0.15, 0.2) is 0 Å². The van der Waals surface area contributed by atoms with Crippen molar-refractivity contribution in [3.05, 3.63) is 103 Å². The number of pyridine rings is 2. The molecule has 37 heavy (non-hydrogen) atoms. The molecule has 1 aliphatic carbocycles. The van der Waals surface area contributed by atoms with E-state index in [1.807, 2.05) is 51.8 Å². The minimum atomic E-state index is -0.233. The minimum absolute atomic E-state index is 0.233. The molecule has 0 bridgehead atoms. The molecule has 0 saturated heterocycles. The molecule has 7 rings (SSSR count). The van der Waals surface area contributed by atoms with E-state index in [0.717, 1.165) is 46.2 Å². The number of nitrogens with zero attached hydrogens (tertiary/aromatic N) is 6. The first-order valence-electron chi connectivity index (χ1n) is 12.5. The summed E-state index contributed by atoms with van der Waals surface area (Å²) in [5, 5.41) is 6.01. The lowest BCUT2D eigenvalue weighted by atomic mass is 9.66. The van der Waals surface area contributed by atoms with Gasteiger partial charge in [0.2, 0.25) is 5.82 Å². The quantitative estimate of drug-likeness (QED) is 0.361. The molecule has 7 heteroatoms. The summed E-state index contributed by atoms with van der Waals surface area (Å²) < 4.78 is 4.00. The third-order valence-corrected chi connectivity index (χ3v) is 7.38. The Morgan fingerprint density at radius 3 is 2.38 bits per heavy atom. The zero-order valence-corrected chi connectivity index (χ0v) is 20.5. The fourth-order valence-corrected chi connectivity index (χ4v) is 5.60. The first-order valence-corrected chi connectivity index (χ1v) is 12.5. The van der Waals surface area contributed by atoms with Crippen LogP contribution in [0.15, 0.2) is 97.6 Å². The lowest BCUT2D eigenvalue weighted by molar-refractivity contribution is -0.499. The summed E-state index contributed by atoms with van der Waals surface area (Å²) in [7, 11) is 0. The maximum absolute atomic E-state index is 6.67. The monoisotopic (exact) mass is 484 g/mol. The topological polar surface area (TPSA) is 86.6 Å². The van der Waals surface area contributed by atoms with Crippen LogP contribution >= 0.6 is 0 Å². The highest BCUT2D eigenvalue weighted by atomic mass is 15.4. The lowest BCUT2D eigenvalue weighted by Crippen LogP contribution is -2.47. The van der Waals surface area contributed by atoms with E-state index in [4.69, 9.17) is 15.8 Å². The van der Waals surface area contributed by atoms with E-state index in [2.05, 4.69) is 59.4 Å². The van der Waals surface area contributed by atoms with Crippen molar-refractivity contribution in [3.8, 4) is 28.5 Å². The van der Waals surface area contributed by atoms with E-state index in [-0.39, 0.29) is 5.54 Å². The number of benzene rings is 2. The fraction of sp³-hybridized carbons (Fsp3) is 0.167. The second kappa shape index (κ2) is 8.28. The van der Waals surface area contributed by atoms with Crippen molar-refractivity contribution in [2.45, 2.75) is 25.3 Å². The number of hydrogen-bond donors (Lipinski definition) is 1. The van der Waals surface area contributed by atoms with E-state index in [1.165, 1.54) is 5.56 Å². The van der Waals surface area contributed by atoms with Crippen molar-refractivity contribution in [1.82, 2.24) is 24.7 Å². The van der Waals surface area contributed by atoms with Gasteiger partial charge in [-0.1, -0.05) is 54.1 Å². The zero-order valence-electron chi connectivity index (χ0n) is 20.5. The molecule has 4 heterocycles. The standard InChI is InChI=1S/C30H26N7/c1-20-17-30(31,18-20)23-8-10-24(11-9-23)37-29-25-16-22(21-6-3-2-4-7-21)19-34-26(25)12-15-36(29)28(35-37)27-32-13-5-14-33-27/h2-16,19-20H,17-18,31H2,1H3/q+1.